The van der Waals surface area contributed by atoms with E-state index in [-0.39, 0.29) is 29.8 Å². The molecule has 2 rings (SSSR count). The van der Waals surface area contributed by atoms with Crippen molar-refractivity contribution < 1.29 is 9.90 Å². The fraction of sp³-hybridized carbons (Fsp3) is 0.923. The average Bonchev–Trinajstić information content (AvgIpc) is 3.17. The largest absolute Gasteiger partial charge is 0.395 e. The number of amides is 1. The lowest BCUT2D eigenvalue weighted by molar-refractivity contribution is -0.138. The van der Waals surface area contributed by atoms with Crippen molar-refractivity contribution in [1.82, 2.24) is 10.2 Å². The third-order valence-corrected chi connectivity index (χ3v) is 5.15. The number of aliphatic hydroxyl groups is 1. The lowest BCUT2D eigenvalue weighted by atomic mass is 10.0. The van der Waals surface area contributed by atoms with Gasteiger partial charge >= 0.3 is 0 Å². The van der Waals surface area contributed by atoms with Crippen LogP contribution in [0.4, 0.5) is 0 Å². The van der Waals surface area contributed by atoms with E-state index in [0.29, 0.717) is 6.04 Å². The number of nitrogens with one attached hydrogen (secondary N) is 1. The molecule has 1 aliphatic carbocycles. The first-order valence-corrected chi connectivity index (χ1v) is 8.16. The van der Waals surface area contributed by atoms with Gasteiger partial charge in [-0.3, -0.25) is 4.79 Å². The van der Waals surface area contributed by atoms with Gasteiger partial charge in [-0.15, -0.1) is 0 Å². The third-order valence-electron chi connectivity index (χ3n) is 4.00. The van der Waals surface area contributed by atoms with Gasteiger partial charge in [-0.05, 0) is 38.9 Å². The second kappa shape index (κ2) is 6.26. The monoisotopic (exact) mass is 272 g/mol. The summed E-state index contributed by atoms with van der Waals surface area (Å²) in [7, 11) is 0. The van der Waals surface area contributed by atoms with Crippen molar-refractivity contribution in [3.8, 4) is 0 Å². The fourth-order valence-electron chi connectivity index (χ4n) is 2.62. The van der Waals surface area contributed by atoms with E-state index in [4.69, 9.17) is 0 Å². The van der Waals surface area contributed by atoms with Crippen molar-refractivity contribution in [2.75, 3.05) is 19.4 Å². The minimum atomic E-state index is 0.00917. The molecule has 0 spiro atoms. The van der Waals surface area contributed by atoms with E-state index in [9.17, 15) is 9.90 Å². The summed E-state index contributed by atoms with van der Waals surface area (Å²) in [5.41, 5.74) is 0. The standard InChI is InChI=1S/C13H24N2O2S/c1-9(12(8-16)18-2)15-7-3-4-11(13(15)17)14-10-5-6-10/h9-12,14,16H,3-8H2,1-2H3. The molecule has 0 aromatic heterocycles. The van der Waals surface area contributed by atoms with Crippen LogP contribution in [0.5, 0.6) is 0 Å². The molecule has 0 aromatic rings. The van der Waals surface area contributed by atoms with Crippen LogP contribution in [0, 0.1) is 0 Å². The minimum Gasteiger partial charge on any atom is -0.395 e. The summed E-state index contributed by atoms with van der Waals surface area (Å²) in [6, 6.07) is 0.694. The van der Waals surface area contributed by atoms with Crippen molar-refractivity contribution in [1.29, 1.82) is 0 Å². The summed E-state index contributed by atoms with van der Waals surface area (Å²) in [6.45, 7) is 3.02. The first kappa shape index (κ1) is 14.2. The Morgan fingerprint density at radius 2 is 2.22 bits per heavy atom. The first-order valence-electron chi connectivity index (χ1n) is 6.87. The molecule has 1 heterocycles. The molecule has 0 radical (unpaired) electrons. The van der Waals surface area contributed by atoms with Crippen molar-refractivity contribution >= 4 is 17.7 Å². The molecule has 0 aromatic carbocycles. The number of likely N-dealkylation sites (tertiary alicyclic amines) is 1. The number of nitrogens with zero attached hydrogens (tertiary/aromatic N) is 1. The third kappa shape index (κ3) is 3.19. The van der Waals surface area contributed by atoms with Crippen LogP contribution in [0.15, 0.2) is 0 Å². The second-order valence-electron chi connectivity index (χ2n) is 5.36. The molecule has 104 valence electrons. The Hall–Kier alpha value is -0.260. The molecule has 1 amide bonds. The van der Waals surface area contributed by atoms with Crippen LogP contribution >= 0.6 is 11.8 Å². The van der Waals surface area contributed by atoms with E-state index in [1.165, 1.54) is 12.8 Å². The van der Waals surface area contributed by atoms with Crippen LogP contribution in [-0.4, -0.2) is 58.7 Å². The molecule has 4 nitrogen and oxygen atoms in total. The average molecular weight is 272 g/mol. The molecule has 1 saturated carbocycles. The zero-order chi connectivity index (χ0) is 13.1. The normalized spacial score (nSPS) is 28.3. The summed E-state index contributed by atoms with van der Waals surface area (Å²) < 4.78 is 0. The summed E-state index contributed by atoms with van der Waals surface area (Å²) in [4.78, 5) is 14.4. The van der Waals surface area contributed by atoms with Crippen LogP contribution in [0.2, 0.25) is 0 Å². The summed E-state index contributed by atoms with van der Waals surface area (Å²) in [6.07, 6.45) is 6.44. The maximum absolute atomic E-state index is 12.4. The quantitative estimate of drug-likeness (QED) is 0.752. The summed E-state index contributed by atoms with van der Waals surface area (Å²) >= 11 is 1.64. The van der Waals surface area contributed by atoms with Gasteiger partial charge in [0.1, 0.15) is 0 Å². The second-order valence-corrected chi connectivity index (χ2v) is 6.44. The molecule has 2 fully saturated rings. The number of piperidine rings is 1. The van der Waals surface area contributed by atoms with Gasteiger partial charge in [-0.1, -0.05) is 0 Å². The van der Waals surface area contributed by atoms with Gasteiger partial charge in [0.15, 0.2) is 0 Å². The number of hydrogen-bond acceptors (Lipinski definition) is 4. The SMILES string of the molecule is CSC(CO)C(C)N1CCCC(NC2CC2)C1=O. The van der Waals surface area contributed by atoms with E-state index >= 15 is 0 Å². The molecule has 18 heavy (non-hydrogen) atoms. The molecule has 1 saturated heterocycles. The topological polar surface area (TPSA) is 52.6 Å². The smallest absolute Gasteiger partial charge is 0.239 e. The van der Waals surface area contributed by atoms with Crippen LogP contribution in [0.3, 0.4) is 0 Å². The maximum atomic E-state index is 12.4. The highest BCUT2D eigenvalue weighted by atomic mass is 32.2. The van der Waals surface area contributed by atoms with Crippen LogP contribution in [-0.2, 0) is 4.79 Å². The van der Waals surface area contributed by atoms with Gasteiger partial charge in [-0.2, -0.15) is 11.8 Å². The minimum absolute atomic E-state index is 0.00917. The number of carbonyl (C=O) groups is 1. The van der Waals surface area contributed by atoms with Crippen molar-refractivity contribution in [2.24, 2.45) is 0 Å². The number of rotatable bonds is 6. The van der Waals surface area contributed by atoms with Gasteiger partial charge < -0.3 is 15.3 Å². The highest BCUT2D eigenvalue weighted by molar-refractivity contribution is 7.99. The number of carbonyl (C=O) groups excluding carboxylic acids is 1. The number of thioether (sulfide) groups is 1. The lowest BCUT2D eigenvalue weighted by Gasteiger charge is -2.39. The molecule has 2 N–H and O–H groups in total. The molecule has 5 heteroatoms. The predicted molar refractivity (Wildman–Crippen MR) is 74.7 cm³/mol. The van der Waals surface area contributed by atoms with Crippen molar-refractivity contribution in [3.05, 3.63) is 0 Å². The Bertz CT molecular complexity index is 293. The molecular weight excluding hydrogens is 248 g/mol. The molecule has 0 bridgehead atoms. The van der Waals surface area contributed by atoms with E-state index in [1.807, 2.05) is 11.2 Å². The van der Waals surface area contributed by atoms with Gasteiger partial charge in [0, 0.05) is 23.9 Å². The number of hydrogen-bond donors (Lipinski definition) is 2. The first-order chi connectivity index (χ1) is 8.67. The maximum Gasteiger partial charge on any atom is 0.239 e. The Morgan fingerprint density at radius 1 is 1.50 bits per heavy atom. The van der Waals surface area contributed by atoms with Crippen LogP contribution in [0.1, 0.15) is 32.6 Å². The highest BCUT2D eigenvalue weighted by Gasteiger charge is 2.36. The molecule has 3 atom stereocenters. The lowest BCUT2D eigenvalue weighted by Crippen LogP contribution is -2.56. The predicted octanol–water partition coefficient (Wildman–Crippen LogP) is 0.842. The molecule has 1 aliphatic heterocycles. The van der Waals surface area contributed by atoms with Gasteiger partial charge in [0.05, 0.1) is 12.6 Å². The fourth-order valence-corrected chi connectivity index (χ4v) is 3.31. The summed E-state index contributed by atoms with van der Waals surface area (Å²) in [5, 5.41) is 12.9. The Kier molecular flexibility index (Phi) is 4.92. The van der Waals surface area contributed by atoms with Gasteiger partial charge in [-0.25, -0.2) is 0 Å². The van der Waals surface area contributed by atoms with Gasteiger partial charge in [0.25, 0.3) is 0 Å². The van der Waals surface area contributed by atoms with Gasteiger partial charge in [0.2, 0.25) is 5.91 Å². The Morgan fingerprint density at radius 3 is 2.78 bits per heavy atom. The van der Waals surface area contributed by atoms with Crippen LogP contribution in [0.25, 0.3) is 0 Å². The highest BCUT2D eigenvalue weighted by Crippen LogP contribution is 2.25. The van der Waals surface area contributed by atoms with Crippen molar-refractivity contribution in [2.45, 2.75) is 56.0 Å². The van der Waals surface area contributed by atoms with Crippen molar-refractivity contribution in [3.63, 3.8) is 0 Å². The molecular formula is C13H24N2O2S. The van der Waals surface area contributed by atoms with E-state index in [2.05, 4.69) is 12.2 Å². The Labute approximate surface area is 113 Å². The van der Waals surface area contributed by atoms with Crippen LogP contribution < -0.4 is 5.32 Å². The van der Waals surface area contributed by atoms with E-state index in [0.717, 1.165) is 19.4 Å². The summed E-state index contributed by atoms with van der Waals surface area (Å²) in [5.74, 6) is 0.230. The zero-order valence-electron chi connectivity index (χ0n) is 11.3. The van der Waals surface area contributed by atoms with E-state index < -0.39 is 0 Å². The zero-order valence-corrected chi connectivity index (χ0v) is 12.1. The van der Waals surface area contributed by atoms with E-state index in [1.54, 1.807) is 11.8 Å². The Balaban J connectivity index is 1.95. The molecule has 3 unspecified atom stereocenters. The number of aliphatic hydroxyl groups excluding tert-OH is 1. The molecule has 2 aliphatic rings.